The molecule has 0 radical (unpaired) electrons. The van der Waals surface area contributed by atoms with Crippen LogP contribution in [0.3, 0.4) is 0 Å². The van der Waals surface area contributed by atoms with E-state index < -0.39 is 18.2 Å². The van der Waals surface area contributed by atoms with E-state index in [4.69, 9.17) is 9.47 Å². The molecule has 0 aromatic carbocycles. The topological polar surface area (TPSA) is 113 Å². The van der Waals surface area contributed by atoms with Crippen LogP contribution in [0.15, 0.2) is 48.6 Å². The van der Waals surface area contributed by atoms with Crippen LogP contribution in [0.5, 0.6) is 0 Å². The molecule has 3 N–H and O–H groups in total. The summed E-state index contributed by atoms with van der Waals surface area (Å²) in [6.07, 6.45) is 39.6. The number of carbonyl (C=O) groups is 2. The van der Waals surface area contributed by atoms with Crippen LogP contribution >= 0.6 is 0 Å². The fraction of sp³-hybridized carbons (Fsp3) is 0.773. The number of aliphatic hydroxyl groups excluding tert-OH is 3. The van der Waals surface area contributed by atoms with E-state index in [0.29, 0.717) is 19.3 Å². The minimum absolute atomic E-state index is 0.137. The highest BCUT2D eigenvalue weighted by atomic mass is 16.6. The van der Waals surface area contributed by atoms with Crippen molar-refractivity contribution in [2.24, 2.45) is 5.92 Å². The number of hydrogen-bond acceptors (Lipinski definition) is 7. The molecule has 0 heterocycles. The molecule has 0 fully saturated rings. The zero-order valence-corrected chi connectivity index (χ0v) is 33.0. The van der Waals surface area contributed by atoms with Gasteiger partial charge in [-0.25, -0.2) is 0 Å². The molecule has 0 bridgehead atoms. The Kier molecular flexibility index (Phi) is 35.9. The SMILES string of the molecule is CCCCC[C@H](O)/C=C/C=C\C/C=C\C=C\[C@H](O)CCCC(=O)OC[C@@H](O)COC(=O)CCCCCCCCCCCCCCCCCC(C)C. The molecule has 0 amide bonds. The van der Waals surface area contributed by atoms with Gasteiger partial charge in [0.05, 0.1) is 12.2 Å². The third-order valence-electron chi connectivity index (χ3n) is 8.95. The van der Waals surface area contributed by atoms with Crippen molar-refractivity contribution in [2.45, 2.75) is 200 Å². The number of hydrogen-bond donors (Lipinski definition) is 3. The van der Waals surface area contributed by atoms with Gasteiger partial charge < -0.3 is 24.8 Å². The average molecular weight is 719 g/mol. The van der Waals surface area contributed by atoms with Gasteiger partial charge in [0.2, 0.25) is 0 Å². The lowest BCUT2D eigenvalue weighted by atomic mass is 10.0. The predicted octanol–water partition coefficient (Wildman–Crippen LogP) is 10.8. The molecule has 51 heavy (non-hydrogen) atoms. The molecule has 3 atom stereocenters. The van der Waals surface area contributed by atoms with Crippen molar-refractivity contribution in [1.29, 1.82) is 0 Å². The first-order chi connectivity index (χ1) is 24.7. The molecular weight excluding hydrogens is 640 g/mol. The third kappa shape index (κ3) is 38.8. The Morgan fingerprint density at radius 3 is 1.35 bits per heavy atom. The zero-order valence-electron chi connectivity index (χ0n) is 33.0. The monoisotopic (exact) mass is 719 g/mol. The fourth-order valence-corrected chi connectivity index (χ4v) is 5.72. The standard InChI is InChI=1S/C44H78O7/c1-4-5-24-31-40(45)32-26-21-17-15-18-22-27-33-41(46)34-29-36-44(49)51-38-42(47)37-50-43(48)35-28-23-19-14-12-10-8-6-7-9-11-13-16-20-25-30-39(2)3/h17-18,21-22,26-27,32-33,39-42,45-47H,4-16,19-20,23-25,28-31,34-38H2,1-3H3/b21-17-,22-18-,32-26+,33-27+/t40-,41-,42-/m0/s1. The molecule has 296 valence electrons. The average Bonchev–Trinajstić information content (AvgIpc) is 3.10. The summed E-state index contributed by atoms with van der Waals surface area (Å²) >= 11 is 0. The normalized spacial score (nSPS) is 14.0. The van der Waals surface area contributed by atoms with E-state index in [1.54, 1.807) is 12.2 Å². The van der Waals surface area contributed by atoms with Crippen molar-refractivity contribution in [3.8, 4) is 0 Å². The molecule has 0 aliphatic heterocycles. The quantitative estimate of drug-likeness (QED) is 0.0336. The van der Waals surface area contributed by atoms with Gasteiger partial charge in [-0.05, 0) is 38.0 Å². The Morgan fingerprint density at radius 1 is 0.510 bits per heavy atom. The maximum absolute atomic E-state index is 12.0. The van der Waals surface area contributed by atoms with Crippen LogP contribution in [0.2, 0.25) is 0 Å². The first-order valence-electron chi connectivity index (χ1n) is 20.8. The van der Waals surface area contributed by atoms with E-state index in [1.807, 2.05) is 36.5 Å². The second kappa shape index (κ2) is 37.5. The maximum atomic E-state index is 12.0. The van der Waals surface area contributed by atoms with Gasteiger partial charge in [-0.15, -0.1) is 0 Å². The van der Waals surface area contributed by atoms with Crippen LogP contribution in [0.1, 0.15) is 181 Å². The van der Waals surface area contributed by atoms with Gasteiger partial charge in [0.1, 0.15) is 19.3 Å². The molecule has 0 aliphatic rings. The van der Waals surface area contributed by atoms with E-state index in [0.717, 1.165) is 57.3 Å². The summed E-state index contributed by atoms with van der Waals surface area (Å²) in [4.78, 5) is 24.0. The summed E-state index contributed by atoms with van der Waals surface area (Å²) in [5.74, 6) is 0.0618. The van der Waals surface area contributed by atoms with Crippen molar-refractivity contribution in [3.63, 3.8) is 0 Å². The fourth-order valence-electron chi connectivity index (χ4n) is 5.72. The smallest absolute Gasteiger partial charge is 0.305 e. The molecular formula is C44H78O7. The predicted molar refractivity (Wildman–Crippen MR) is 212 cm³/mol. The number of unbranched alkanes of at least 4 members (excludes halogenated alkanes) is 16. The maximum Gasteiger partial charge on any atom is 0.305 e. The molecule has 0 aromatic rings. The first-order valence-corrected chi connectivity index (χ1v) is 20.8. The summed E-state index contributed by atoms with van der Waals surface area (Å²) in [7, 11) is 0. The van der Waals surface area contributed by atoms with Gasteiger partial charge in [-0.1, -0.05) is 185 Å². The highest BCUT2D eigenvalue weighted by Gasteiger charge is 2.12. The largest absolute Gasteiger partial charge is 0.463 e. The number of esters is 2. The number of aliphatic hydroxyl groups is 3. The molecule has 7 nitrogen and oxygen atoms in total. The van der Waals surface area contributed by atoms with Crippen molar-refractivity contribution >= 4 is 11.9 Å². The second-order valence-electron chi connectivity index (χ2n) is 14.6. The van der Waals surface area contributed by atoms with Gasteiger partial charge in [-0.2, -0.15) is 0 Å². The summed E-state index contributed by atoms with van der Waals surface area (Å²) in [6.45, 7) is 6.36. The van der Waals surface area contributed by atoms with Crippen molar-refractivity contribution in [2.75, 3.05) is 13.2 Å². The number of rotatable bonds is 36. The number of carbonyl (C=O) groups excluding carboxylic acids is 2. The summed E-state index contributed by atoms with van der Waals surface area (Å²) in [5.41, 5.74) is 0. The summed E-state index contributed by atoms with van der Waals surface area (Å²) < 4.78 is 10.2. The molecule has 0 spiro atoms. The van der Waals surface area contributed by atoms with E-state index in [9.17, 15) is 24.9 Å². The van der Waals surface area contributed by atoms with E-state index in [-0.39, 0.29) is 31.7 Å². The van der Waals surface area contributed by atoms with Gasteiger partial charge in [0.15, 0.2) is 0 Å². The highest BCUT2D eigenvalue weighted by Crippen LogP contribution is 2.15. The van der Waals surface area contributed by atoms with Gasteiger partial charge in [0, 0.05) is 12.8 Å². The van der Waals surface area contributed by atoms with Crippen molar-refractivity contribution in [1.82, 2.24) is 0 Å². The van der Waals surface area contributed by atoms with Crippen LogP contribution in [-0.4, -0.2) is 58.8 Å². The minimum Gasteiger partial charge on any atom is -0.463 e. The van der Waals surface area contributed by atoms with Crippen molar-refractivity contribution in [3.05, 3.63) is 48.6 Å². The lowest BCUT2D eigenvalue weighted by molar-refractivity contribution is -0.152. The number of allylic oxidation sites excluding steroid dienone is 6. The zero-order chi connectivity index (χ0) is 37.6. The molecule has 0 rings (SSSR count). The lowest BCUT2D eigenvalue weighted by Crippen LogP contribution is -2.25. The summed E-state index contributed by atoms with van der Waals surface area (Å²) in [5, 5.41) is 30.0. The van der Waals surface area contributed by atoms with Crippen LogP contribution in [0, 0.1) is 5.92 Å². The molecule has 0 aromatic heterocycles. The molecule has 0 saturated carbocycles. The first kappa shape index (κ1) is 48.8. The van der Waals surface area contributed by atoms with E-state index >= 15 is 0 Å². The van der Waals surface area contributed by atoms with E-state index in [1.165, 1.54) is 83.5 Å². The lowest BCUT2D eigenvalue weighted by Gasteiger charge is -2.12. The van der Waals surface area contributed by atoms with Crippen molar-refractivity contribution < 1.29 is 34.4 Å². The third-order valence-corrected chi connectivity index (χ3v) is 8.95. The molecule has 0 saturated heterocycles. The van der Waals surface area contributed by atoms with Crippen LogP contribution in [-0.2, 0) is 19.1 Å². The Hall–Kier alpha value is -2.22. The molecule has 0 aliphatic carbocycles. The van der Waals surface area contributed by atoms with Crippen LogP contribution in [0.25, 0.3) is 0 Å². The molecule has 7 heteroatoms. The Balaban J connectivity index is 3.64. The summed E-state index contributed by atoms with van der Waals surface area (Å²) in [6, 6.07) is 0. The van der Waals surface area contributed by atoms with Gasteiger partial charge >= 0.3 is 11.9 Å². The van der Waals surface area contributed by atoms with E-state index in [2.05, 4.69) is 20.8 Å². The minimum atomic E-state index is -1.05. The van der Waals surface area contributed by atoms with Gasteiger partial charge in [0.25, 0.3) is 0 Å². The van der Waals surface area contributed by atoms with Gasteiger partial charge in [-0.3, -0.25) is 9.59 Å². The second-order valence-corrected chi connectivity index (χ2v) is 14.6. The Morgan fingerprint density at radius 2 is 0.902 bits per heavy atom. The molecule has 0 unspecified atom stereocenters. The number of ether oxygens (including phenoxy) is 2. The Labute approximate surface area is 313 Å². The Bertz CT molecular complexity index is 907. The highest BCUT2D eigenvalue weighted by molar-refractivity contribution is 5.69. The van der Waals surface area contributed by atoms with Crippen LogP contribution in [0.4, 0.5) is 0 Å². The van der Waals surface area contributed by atoms with Crippen LogP contribution < -0.4 is 0 Å².